The molecule has 0 atom stereocenters. The molecule has 0 amide bonds. The number of rotatable bonds is 14. The molecule has 0 unspecified atom stereocenters. The minimum Gasteiger partial charge on any atom is -0.496 e. The lowest BCUT2D eigenvalue weighted by atomic mass is 10.0. The average Bonchev–Trinajstić information content (AvgIpc) is 3.47. The van der Waals surface area contributed by atoms with Gasteiger partial charge in [-0.3, -0.25) is 9.69 Å². The maximum atomic E-state index is 12.5. The van der Waals surface area contributed by atoms with Gasteiger partial charge < -0.3 is 19.8 Å². The molecule has 0 aromatic heterocycles. The summed E-state index contributed by atoms with van der Waals surface area (Å²) in [5.74, 6) is -1.29. The minimum absolute atomic E-state index is 0.268. The molecule has 0 bridgehead atoms. The summed E-state index contributed by atoms with van der Waals surface area (Å²) in [6.07, 6.45) is 7.46. The van der Waals surface area contributed by atoms with E-state index in [9.17, 15) is 14.4 Å². The van der Waals surface area contributed by atoms with Crippen LogP contribution in [0.25, 0.3) is 0 Å². The molecule has 3 rings (SSSR count). The van der Waals surface area contributed by atoms with Gasteiger partial charge in [-0.2, -0.15) is 0 Å². The molecular weight excluding hydrogens is 484 g/mol. The predicted molar refractivity (Wildman–Crippen MR) is 149 cm³/mol. The maximum absolute atomic E-state index is 12.5. The van der Waals surface area contributed by atoms with Gasteiger partial charge in [-0.05, 0) is 69.1 Å². The van der Waals surface area contributed by atoms with Crippen LogP contribution in [0.5, 0.6) is 5.75 Å². The van der Waals surface area contributed by atoms with Gasteiger partial charge in [0.25, 0.3) is 0 Å². The number of para-hydroxylation sites is 1. The first-order valence-corrected chi connectivity index (χ1v) is 13.2. The van der Waals surface area contributed by atoms with E-state index in [4.69, 9.17) is 14.9 Å². The fourth-order valence-corrected chi connectivity index (χ4v) is 4.34. The van der Waals surface area contributed by atoms with Crippen LogP contribution in [0, 0.1) is 0 Å². The van der Waals surface area contributed by atoms with Crippen LogP contribution < -0.4 is 9.64 Å². The van der Waals surface area contributed by atoms with Crippen molar-refractivity contribution in [3.05, 3.63) is 71.8 Å². The number of benzene rings is 2. The lowest BCUT2D eigenvalue weighted by Gasteiger charge is -2.21. The van der Waals surface area contributed by atoms with Gasteiger partial charge >= 0.3 is 11.9 Å². The highest BCUT2D eigenvalue weighted by Gasteiger charge is 2.13. The second-order valence-electron chi connectivity index (χ2n) is 9.17. The first kappa shape index (κ1) is 30.6. The van der Waals surface area contributed by atoms with E-state index < -0.39 is 11.9 Å². The van der Waals surface area contributed by atoms with Crippen LogP contribution in [0.1, 0.15) is 61.4 Å². The number of aliphatic carboxylic acids is 2. The summed E-state index contributed by atoms with van der Waals surface area (Å²) >= 11 is 0. The number of ether oxygens (including phenoxy) is 1. The van der Waals surface area contributed by atoms with Gasteiger partial charge in [0.1, 0.15) is 5.75 Å². The van der Waals surface area contributed by atoms with E-state index in [-0.39, 0.29) is 5.78 Å². The fraction of sp³-hybridized carbons (Fsp3) is 0.433. The Kier molecular flexibility index (Phi) is 13.7. The van der Waals surface area contributed by atoms with Crippen LogP contribution in [0.3, 0.4) is 0 Å². The first-order valence-electron chi connectivity index (χ1n) is 13.2. The molecule has 1 aliphatic rings. The number of hydrogen-bond acceptors (Lipinski definition) is 6. The van der Waals surface area contributed by atoms with Crippen molar-refractivity contribution in [3.8, 4) is 5.75 Å². The Morgan fingerprint density at radius 1 is 0.921 bits per heavy atom. The molecule has 0 spiro atoms. The molecule has 1 heterocycles. The Morgan fingerprint density at radius 3 is 2.13 bits per heavy atom. The molecular formula is C30H40N2O6. The summed E-state index contributed by atoms with van der Waals surface area (Å²) in [7, 11) is 1.73. The number of hydrogen-bond donors (Lipinski definition) is 2. The third-order valence-electron chi connectivity index (χ3n) is 6.44. The highest BCUT2D eigenvalue weighted by atomic mass is 16.5. The van der Waals surface area contributed by atoms with Gasteiger partial charge in [0.05, 0.1) is 7.11 Å². The highest BCUT2D eigenvalue weighted by Crippen LogP contribution is 2.22. The molecule has 0 saturated carbocycles. The molecule has 8 nitrogen and oxygen atoms in total. The Bertz CT molecular complexity index is 1030. The maximum Gasteiger partial charge on any atom is 0.328 e. The summed E-state index contributed by atoms with van der Waals surface area (Å²) < 4.78 is 5.47. The van der Waals surface area contributed by atoms with Crippen molar-refractivity contribution in [2.24, 2.45) is 0 Å². The van der Waals surface area contributed by atoms with Crippen LogP contribution in [-0.4, -0.2) is 66.1 Å². The first-order chi connectivity index (χ1) is 18.3. The topological polar surface area (TPSA) is 107 Å². The minimum atomic E-state index is -1.26. The molecule has 2 aromatic rings. The monoisotopic (exact) mass is 524 g/mol. The molecule has 8 heteroatoms. The molecule has 0 radical (unpaired) electrons. The van der Waals surface area contributed by atoms with E-state index in [1.165, 1.54) is 24.1 Å². The van der Waals surface area contributed by atoms with Crippen molar-refractivity contribution in [2.75, 3.05) is 38.2 Å². The smallest absolute Gasteiger partial charge is 0.328 e. The van der Waals surface area contributed by atoms with Crippen molar-refractivity contribution in [2.45, 2.75) is 52.0 Å². The molecule has 1 saturated heterocycles. The SMILES string of the molecule is CCN(CCCCCC(=O)c1ccc(N2CCCC2)cc1)Cc1ccccc1OC.O=C(O)C=CC(=O)O. The third kappa shape index (κ3) is 11.2. The number of ketones is 1. The van der Waals surface area contributed by atoms with Crippen molar-refractivity contribution >= 4 is 23.4 Å². The summed E-state index contributed by atoms with van der Waals surface area (Å²) in [6, 6.07) is 16.4. The second-order valence-corrected chi connectivity index (χ2v) is 9.17. The standard InChI is InChI=1S/C26H36N2O2.C4H4O4/c1-3-27(21-23-11-6-7-13-26(23)30-2)18-8-4-5-12-25(29)22-14-16-24(17-15-22)28-19-9-10-20-28;5-3(6)1-2-4(7)8/h6-7,11,13-17H,3-5,8-10,12,18-21H2,1-2H3;1-2H,(H,5,6)(H,7,8). The quantitative estimate of drug-likeness (QED) is 0.195. The van der Waals surface area contributed by atoms with Crippen LogP contribution in [0.15, 0.2) is 60.7 Å². The number of anilines is 1. The molecule has 206 valence electrons. The number of methoxy groups -OCH3 is 1. The molecule has 0 aliphatic carbocycles. The average molecular weight is 525 g/mol. The van der Waals surface area contributed by atoms with Gasteiger partial charge in [-0.25, -0.2) is 9.59 Å². The summed E-state index contributed by atoms with van der Waals surface area (Å²) in [5.41, 5.74) is 3.33. The van der Waals surface area contributed by atoms with Gasteiger partial charge in [0.15, 0.2) is 5.78 Å². The lowest BCUT2D eigenvalue weighted by molar-refractivity contribution is -0.134. The van der Waals surface area contributed by atoms with Gasteiger partial charge in [-0.1, -0.05) is 31.5 Å². The number of unbranched alkanes of at least 4 members (excludes halogenated alkanes) is 2. The summed E-state index contributed by atoms with van der Waals surface area (Å²) in [4.78, 5) is 36.5. The fourth-order valence-electron chi connectivity index (χ4n) is 4.34. The zero-order chi connectivity index (χ0) is 27.8. The van der Waals surface area contributed by atoms with Crippen molar-refractivity contribution in [3.63, 3.8) is 0 Å². The number of Topliss-reactive ketones (excluding diaryl/α,β-unsaturated/α-hetero) is 1. The van der Waals surface area contributed by atoms with Gasteiger partial charge in [-0.15, -0.1) is 0 Å². The molecule has 2 N–H and O–H groups in total. The molecule has 1 fully saturated rings. The van der Waals surface area contributed by atoms with Crippen molar-refractivity contribution in [1.82, 2.24) is 4.90 Å². The van der Waals surface area contributed by atoms with E-state index >= 15 is 0 Å². The van der Waals surface area contributed by atoms with Gasteiger partial charge in [0.2, 0.25) is 0 Å². The largest absolute Gasteiger partial charge is 0.496 e. The zero-order valence-corrected chi connectivity index (χ0v) is 22.5. The Morgan fingerprint density at radius 2 is 1.55 bits per heavy atom. The highest BCUT2D eigenvalue weighted by molar-refractivity contribution is 5.96. The number of nitrogens with zero attached hydrogens (tertiary/aromatic N) is 2. The Labute approximate surface area is 225 Å². The van der Waals surface area contributed by atoms with E-state index in [2.05, 4.69) is 41.0 Å². The number of carboxylic acid groups (broad SMARTS) is 2. The third-order valence-corrected chi connectivity index (χ3v) is 6.44. The van der Waals surface area contributed by atoms with E-state index in [0.717, 1.165) is 63.3 Å². The van der Waals surface area contributed by atoms with E-state index in [1.807, 2.05) is 24.3 Å². The summed E-state index contributed by atoms with van der Waals surface area (Å²) in [6.45, 7) is 7.44. The number of carbonyl (C=O) groups is 3. The van der Waals surface area contributed by atoms with E-state index in [0.29, 0.717) is 18.6 Å². The molecule has 38 heavy (non-hydrogen) atoms. The van der Waals surface area contributed by atoms with Crippen LogP contribution in [0.2, 0.25) is 0 Å². The molecule has 2 aromatic carbocycles. The normalized spacial score (nSPS) is 12.9. The van der Waals surface area contributed by atoms with Crippen LogP contribution in [-0.2, 0) is 16.1 Å². The van der Waals surface area contributed by atoms with Gasteiger partial charge in [0, 0.05) is 55.0 Å². The number of carbonyl (C=O) groups excluding carboxylic acids is 1. The Balaban J connectivity index is 0.000000550. The van der Waals surface area contributed by atoms with E-state index in [1.54, 1.807) is 7.11 Å². The Hall–Kier alpha value is -3.65. The summed E-state index contributed by atoms with van der Waals surface area (Å²) in [5, 5.41) is 15.6. The second kappa shape index (κ2) is 17.0. The van der Waals surface area contributed by atoms with Crippen LogP contribution in [0.4, 0.5) is 5.69 Å². The predicted octanol–water partition coefficient (Wildman–Crippen LogP) is 5.27. The van der Waals surface area contributed by atoms with Crippen LogP contribution >= 0.6 is 0 Å². The molecule has 1 aliphatic heterocycles. The lowest BCUT2D eigenvalue weighted by Crippen LogP contribution is -2.24. The number of carboxylic acids is 2. The van der Waals surface area contributed by atoms with Crippen molar-refractivity contribution < 1.29 is 29.3 Å². The zero-order valence-electron chi connectivity index (χ0n) is 22.5. The van der Waals surface area contributed by atoms with Crippen molar-refractivity contribution in [1.29, 1.82) is 0 Å².